The third kappa shape index (κ3) is 6.00. The molecule has 0 spiro atoms. The minimum absolute atomic E-state index is 0.0103. The zero-order chi connectivity index (χ0) is 29.7. The van der Waals surface area contributed by atoms with Gasteiger partial charge < -0.3 is 14.6 Å². The number of aliphatic hydroxyl groups excluding tert-OH is 1. The van der Waals surface area contributed by atoms with Crippen molar-refractivity contribution in [2.24, 2.45) is 44.3 Å². The van der Waals surface area contributed by atoms with Gasteiger partial charge in [-0.1, -0.05) is 75.7 Å². The van der Waals surface area contributed by atoms with Crippen LogP contribution in [0.1, 0.15) is 140 Å². The average Bonchev–Trinajstić information content (AvgIpc) is 3.67. The predicted octanol–water partition coefficient (Wildman–Crippen LogP) is 9.59. The van der Waals surface area contributed by atoms with Gasteiger partial charge in [-0.3, -0.25) is 0 Å². The molecule has 39 heavy (non-hydrogen) atoms. The summed E-state index contributed by atoms with van der Waals surface area (Å²) in [5.41, 5.74) is 0.316. The number of carbonyl (C=O) groups is 1. The van der Waals surface area contributed by atoms with E-state index in [0.29, 0.717) is 29.9 Å². The van der Waals surface area contributed by atoms with Gasteiger partial charge in [0.1, 0.15) is 11.5 Å². The maximum Gasteiger partial charge on any atom is 0.130 e. The van der Waals surface area contributed by atoms with Crippen LogP contribution in [-0.4, -0.2) is 23.6 Å². The van der Waals surface area contributed by atoms with E-state index in [1.165, 1.54) is 25.7 Å². The Hall–Kier alpha value is -1.34. The maximum absolute atomic E-state index is 12.8. The quantitative estimate of drug-likeness (QED) is 0.250. The monoisotopic (exact) mass is 541 g/mol. The van der Waals surface area contributed by atoms with Crippen LogP contribution in [0.4, 0.5) is 0 Å². The summed E-state index contributed by atoms with van der Waals surface area (Å²) in [5, 5.41) is 21.0. The highest BCUT2D eigenvalue weighted by atomic mass is 16.6. The first-order chi connectivity index (χ1) is 17.8. The Balaban J connectivity index is 1.92. The van der Waals surface area contributed by atoms with E-state index < -0.39 is 5.41 Å². The van der Waals surface area contributed by atoms with Gasteiger partial charge in [0.05, 0.1) is 24.4 Å². The molecule has 1 aliphatic heterocycles. The first-order valence-electron chi connectivity index (χ1n) is 15.7. The fourth-order valence-corrected chi connectivity index (χ4v) is 9.22. The van der Waals surface area contributed by atoms with Gasteiger partial charge in [0.2, 0.25) is 0 Å². The molecular weight excluding hydrogens is 482 g/mol. The number of hydrogen-bond acceptors (Lipinski definition) is 4. The van der Waals surface area contributed by atoms with E-state index in [0.717, 1.165) is 32.3 Å². The van der Waals surface area contributed by atoms with E-state index >= 15 is 0 Å². The predicted molar refractivity (Wildman–Crippen MR) is 160 cm³/mol. The third-order valence-corrected chi connectivity index (χ3v) is 12.5. The molecule has 0 amide bonds. The molecule has 2 aliphatic carbocycles. The molecule has 4 heteroatoms. The lowest BCUT2D eigenvalue weighted by Gasteiger charge is -2.65. The molecule has 0 aromatic heterocycles. The molecule has 0 bridgehead atoms. The third-order valence-electron chi connectivity index (χ3n) is 12.5. The Morgan fingerprint density at radius 3 is 2.15 bits per heavy atom. The van der Waals surface area contributed by atoms with E-state index in [1.807, 2.05) is 0 Å². The Bertz CT molecular complexity index is 996. The van der Waals surface area contributed by atoms with Crippen molar-refractivity contribution in [2.75, 3.05) is 6.61 Å². The highest BCUT2D eigenvalue weighted by Gasteiger charge is 2.63. The minimum atomic E-state index is -0.467. The van der Waals surface area contributed by atoms with Crippen LogP contribution in [0.25, 0.3) is 0 Å². The van der Waals surface area contributed by atoms with Gasteiger partial charge in [-0.2, -0.15) is 5.26 Å². The average molecular weight is 542 g/mol. The van der Waals surface area contributed by atoms with Crippen molar-refractivity contribution < 1.29 is 14.6 Å². The number of Topliss-reactive ketones (excluding diaryl/α,β-unsaturated/α-hetero) is 1. The second-order valence-corrected chi connectivity index (χ2v) is 16.6. The number of rotatable bonds is 12. The Morgan fingerprint density at radius 1 is 1.05 bits per heavy atom. The Kier molecular flexibility index (Phi) is 8.92. The van der Waals surface area contributed by atoms with Gasteiger partial charge in [-0.25, -0.2) is 0 Å². The molecule has 3 aliphatic rings. The van der Waals surface area contributed by atoms with Crippen molar-refractivity contribution in [3.63, 3.8) is 0 Å². The lowest BCUT2D eigenvalue weighted by atomic mass is 9.39. The number of fused-ring (bicyclic) bond motifs is 1. The molecule has 0 radical (unpaired) electrons. The second-order valence-electron chi connectivity index (χ2n) is 16.6. The number of aliphatic hydroxyl groups is 1. The van der Waals surface area contributed by atoms with Gasteiger partial charge in [-0.15, -0.1) is 0 Å². The van der Waals surface area contributed by atoms with Crippen molar-refractivity contribution in [3.8, 4) is 6.07 Å². The van der Waals surface area contributed by atoms with E-state index in [2.05, 4.69) is 75.3 Å². The molecule has 4 nitrogen and oxygen atoms in total. The fourth-order valence-electron chi connectivity index (χ4n) is 9.22. The number of nitriles is 1. The van der Waals surface area contributed by atoms with E-state index in [4.69, 9.17) is 4.74 Å². The standard InChI is InChI=1S/C35H59NO3/c1-12-14-30(3,4)16-18-33(9,28-23-39-28)19-17-31(5,6)35(11)15-13-26-32(7,8)29(38)25(22-36)21-34(26,10)27(35)20-24(2)37/h26-28,38H,12-21,23H2,1-11H3/t26-,27+,28?,33-,34-,35+/m0/s1. The summed E-state index contributed by atoms with van der Waals surface area (Å²) in [5.74, 6) is 0.886. The maximum atomic E-state index is 12.8. The Morgan fingerprint density at radius 2 is 1.64 bits per heavy atom. The normalized spacial score (nSPS) is 34.2. The smallest absolute Gasteiger partial charge is 0.130 e. The summed E-state index contributed by atoms with van der Waals surface area (Å²) in [6.07, 6.45) is 10.6. The van der Waals surface area contributed by atoms with E-state index in [9.17, 15) is 15.2 Å². The number of epoxide rings is 1. The largest absolute Gasteiger partial charge is 0.511 e. The van der Waals surface area contributed by atoms with Gasteiger partial charge in [0, 0.05) is 11.8 Å². The van der Waals surface area contributed by atoms with Gasteiger partial charge in [-0.05, 0) is 97.2 Å². The molecule has 3 rings (SSSR count). The molecule has 1 unspecified atom stereocenters. The van der Waals surface area contributed by atoms with Crippen LogP contribution in [0.15, 0.2) is 11.3 Å². The van der Waals surface area contributed by atoms with Crippen molar-refractivity contribution in [2.45, 2.75) is 146 Å². The van der Waals surface area contributed by atoms with Crippen LogP contribution in [0.2, 0.25) is 0 Å². The highest BCUT2D eigenvalue weighted by molar-refractivity contribution is 5.76. The summed E-state index contributed by atoms with van der Waals surface area (Å²) >= 11 is 0. The molecule has 222 valence electrons. The minimum Gasteiger partial charge on any atom is -0.511 e. The zero-order valence-electron chi connectivity index (χ0n) is 27.2. The molecule has 2 fully saturated rings. The molecule has 1 N–H and O–H groups in total. The fraction of sp³-hybridized carbons (Fsp3) is 0.886. The molecule has 1 heterocycles. The molecule has 0 aromatic rings. The lowest BCUT2D eigenvalue weighted by Crippen LogP contribution is -2.59. The summed E-state index contributed by atoms with van der Waals surface area (Å²) < 4.78 is 5.95. The number of ether oxygens (including phenoxy) is 1. The Labute approximate surface area is 240 Å². The number of hydrogen-bond donors (Lipinski definition) is 1. The molecule has 1 saturated heterocycles. The first kappa shape index (κ1) is 32.2. The van der Waals surface area contributed by atoms with Crippen LogP contribution in [-0.2, 0) is 9.53 Å². The van der Waals surface area contributed by atoms with Crippen molar-refractivity contribution >= 4 is 5.78 Å². The summed E-state index contributed by atoms with van der Waals surface area (Å²) in [6, 6.07) is 2.34. The van der Waals surface area contributed by atoms with Crippen LogP contribution in [0, 0.1) is 55.7 Å². The van der Waals surface area contributed by atoms with Gasteiger partial charge in [0.25, 0.3) is 0 Å². The molecule has 0 aromatic carbocycles. The summed E-state index contributed by atoms with van der Waals surface area (Å²) in [7, 11) is 0. The number of allylic oxidation sites excluding steroid dienone is 2. The number of nitrogens with zero attached hydrogens (tertiary/aromatic N) is 1. The topological polar surface area (TPSA) is 73.6 Å². The van der Waals surface area contributed by atoms with E-state index in [1.54, 1.807) is 6.92 Å². The summed E-state index contributed by atoms with van der Waals surface area (Å²) in [6.45, 7) is 26.0. The van der Waals surface area contributed by atoms with Crippen LogP contribution >= 0.6 is 0 Å². The SMILES string of the molecule is CCCC(C)(C)CC[C@@](C)(CCC(C)(C)[C@]1(C)CC[C@H]2C(C)(C)C(O)=C(C#N)C[C@]2(C)[C@H]1CC(C)=O)C1CO1. The molecule has 6 atom stereocenters. The van der Waals surface area contributed by atoms with Gasteiger partial charge in [0.15, 0.2) is 0 Å². The van der Waals surface area contributed by atoms with Crippen LogP contribution in [0.3, 0.4) is 0 Å². The van der Waals surface area contributed by atoms with Crippen LogP contribution in [0.5, 0.6) is 0 Å². The summed E-state index contributed by atoms with van der Waals surface area (Å²) in [4.78, 5) is 12.8. The zero-order valence-corrected chi connectivity index (χ0v) is 27.2. The van der Waals surface area contributed by atoms with Gasteiger partial charge >= 0.3 is 0 Å². The van der Waals surface area contributed by atoms with Crippen molar-refractivity contribution in [1.29, 1.82) is 5.26 Å². The number of ketones is 1. The molecular formula is C35H59NO3. The lowest BCUT2D eigenvalue weighted by molar-refractivity contribution is -0.161. The first-order valence-corrected chi connectivity index (χ1v) is 15.7. The van der Waals surface area contributed by atoms with E-state index in [-0.39, 0.29) is 45.0 Å². The van der Waals surface area contributed by atoms with Crippen molar-refractivity contribution in [1.82, 2.24) is 0 Å². The second kappa shape index (κ2) is 10.8. The van der Waals surface area contributed by atoms with Crippen LogP contribution < -0.4 is 0 Å². The van der Waals surface area contributed by atoms with Crippen molar-refractivity contribution in [3.05, 3.63) is 11.3 Å². The number of carbonyl (C=O) groups excluding carboxylic acids is 1. The highest BCUT2D eigenvalue weighted by Crippen LogP contribution is 2.70. The molecule has 1 saturated carbocycles.